The van der Waals surface area contributed by atoms with Crippen LogP contribution in [0, 0.1) is 0 Å². The van der Waals surface area contributed by atoms with Gasteiger partial charge in [-0.15, -0.1) is 0 Å². The third-order valence-corrected chi connectivity index (χ3v) is 6.91. The summed E-state index contributed by atoms with van der Waals surface area (Å²) >= 11 is 0. The minimum absolute atomic E-state index is 0.115. The maximum Gasteiger partial charge on any atom is 0.306 e. The Labute approximate surface area is 235 Å². The van der Waals surface area contributed by atoms with E-state index in [0.717, 1.165) is 57.8 Å². The van der Waals surface area contributed by atoms with Crippen molar-refractivity contribution >= 4 is 5.97 Å². The van der Waals surface area contributed by atoms with Crippen molar-refractivity contribution in [3.05, 3.63) is 12.2 Å². The fourth-order valence-electron chi connectivity index (χ4n) is 4.43. The lowest BCUT2D eigenvalue weighted by molar-refractivity contribution is -0.305. The van der Waals surface area contributed by atoms with Crippen LogP contribution in [0.4, 0.5) is 0 Å². The van der Waals surface area contributed by atoms with Crippen LogP contribution in [0.1, 0.15) is 110 Å². The molecular weight excluding hydrogens is 504 g/mol. The van der Waals surface area contributed by atoms with Crippen LogP contribution in [0.3, 0.4) is 0 Å². The maximum atomic E-state index is 12.5. The first-order valence-corrected chi connectivity index (χ1v) is 15.3. The second kappa shape index (κ2) is 23.6. The third-order valence-electron chi connectivity index (χ3n) is 6.91. The molecule has 4 N–H and O–H groups in total. The molecule has 0 saturated carbocycles. The molecule has 9 heteroatoms. The van der Waals surface area contributed by atoms with Gasteiger partial charge in [0.2, 0.25) is 0 Å². The normalized spacial score (nSPS) is 24.3. The van der Waals surface area contributed by atoms with E-state index in [1.807, 2.05) is 0 Å². The van der Waals surface area contributed by atoms with Crippen molar-refractivity contribution in [2.24, 2.45) is 0 Å². The molecule has 0 bridgehead atoms. The van der Waals surface area contributed by atoms with Crippen molar-refractivity contribution < 1.29 is 44.2 Å². The highest BCUT2D eigenvalue weighted by Gasteiger charge is 2.44. The highest BCUT2D eigenvalue weighted by atomic mass is 16.7. The van der Waals surface area contributed by atoms with Crippen LogP contribution in [0.15, 0.2) is 12.2 Å². The molecule has 6 unspecified atom stereocenters. The molecule has 1 fully saturated rings. The Morgan fingerprint density at radius 1 is 0.795 bits per heavy atom. The lowest BCUT2D eigenvalue weighted by Crippen LogP contribution is -2.59. The van der Waals surface area contributed by atoms with Crippen LogP contribution >= 0.6 is 0 Å². The number of ether oxygens (including phenoxy) is 4. The summed E-state index contributed by atoms with van der Waals surface area (Å²) in [6.45, 7) is 4.40. The monoisotopic (exact) mass is 560 g/mol. The summed E-state index contributed by atoms with van der Waals surface area (Å²) in [5, 5.41) is 39.6. The lowest BCUT2D eigenvalue weighted by atomic mass is 9.99. The summed E-state index contributed by atoms with van der Waals surface area (Å²) in [6.07, 6.45) is 12.6. The van der Waals surface area contributed by atoms with E-state index in [1.54, 1.807) is 0 Å². The zero-order chi connectivity index (χ0) is 28.7. The molecule has 0 aromatic carbocycles. The summed E-state index contributed by atoms with van der Waals surface area (Å²) in [4.78, 5) is 12.5. The van der Waals surface area contributed by atoms with Crippen LogP contribution < -0.4 is 0 Å². The average Bonchev–Trinajstić information content (AvgIpc) is 2.93. The fraction of sp³-hybridized carbons (Fsp3) is 0.900. The van der Waals surface area contributed by atoms with E-state index in [-0.39, 0.29) is 19.2 Å². The van der Waals surface area contributed by atoms with Gasteiger partial charge in [0.1, 0.15) is 30.5 Å². The van der Waals surface area contributed by atoms with E-state index in [9.17, 15) is 25.2 Å². The van der Waals surface area contributed by atoms with Crippen LogP contribution in [-0.4, -0.2) is 89.6 Å². The van der Waals surface area contributed by atoms with Gasteiger partial charge in [0.05, 0.1) is 19.8 Å². The van der Waals surface area contributed by atoms with Crippen molar-refractivity contribution in [2.75, 3.05) is 26.4 Å². The molecular formula is C30H56O9. The predicted molar refractivity (Wildman–Crippen MR) is 150 cm³/mol. The van der Waals surface area contributed by atoms with Gasteiger partial charge in [-0.25, -0.2) is 0 Å². The molecule has 0 aromatic rings. The molecule has 1 aliphatic heterocycles. The topological polar surface area (TPSA) is 135 Å². The van der Waals surface area contributed by atoms with Crippen molar-refractivity contribution in [2.45, 2.75) is 147 Å². The largest absolute Gasteiger partial charge is 0.457 e. The van der Waals surface area contributed by atoms with Crippen molar-refractivity contribution in [3.8, 4) is 0 Å². The number of aliphatic hydroxyl groups excluding tert-OH is 4. The number of hydrogen-bond donors (Lipinski definition) is 4. The molecule has 0 aromatic heterocycles. The summed E-state index contributed by atoms with van der Waals surface area (Å²) in [7, 11) is 0. The molecule has 0 amide bonds. The SMILES string of the molecule is CCC/C=C\CCCCCCCC(=O)OC(COCCCCCCCC)COC1OC(CO)C(O)C(O)C1O. The molecule has 1 saturated heterocycles. The van der Waals surface area contributed by atoms with Crippen LogP contribution in [0.2, 0.25) is 0 Å². The van der Waals surface area contributed by atoms with E-state index >= 15 is 0 Å². The highest BCUT2D eigenvalue weighted by Crippen LogP contribution is 2.22. The van der Waals surface area contributed by atoms with Gasteiger partial charge in [0.15, 0.2) is 6.29 Å². The number of aliphatic hydroxyl groups is 4. The second-order valence-electron chi connectivity index (χ2n) is 10.6. The zero-order valence-corrected chi connectivity index (χ0v) is 24.4. The number of allylic oxidation sites excluding steroid dienone is 2. The Hall–Kier alpha value is -1.07. The Morgan fingerprint density at radius 3 is 2.18 bits per heavy atom. The summed E-state index contributed by atoms with van der Waals surface area (Å²) in [5.41, 5.74) is 0. The quantitative estimate of drug-likeness (QED) is 0.0779. The molecule has 6 atom stereocenters. The van der Waals surface area contributed by atoms with Gasteiger partial charge in [0.25, 0.3) is 0 Å². The number of esters is 1. The van der Waals surface area contributed by atoms with Crippen molar-refractivity contribution in [1.29, 1.82) is 0 Å². The molecule has 0 aliphatic carbocycles. The Kier molecular flexibility index (Phi) is 21.8. The predicted octanol–water partition coefficient (Wildman–Crippen LogP) is 4.18. The molecule has 1 heterocycles. The standard InChI is InChI=1S/C30H56O9/c1-3-5-7-9-11-12-13-14-15-17-19-26(32)38-24(22-36-20-18-16-10-8-6-4-2)23-37-30-29(35)28(34)27(33)25(21-31)39-30/h7,9,24-25,27-31,33-35H,3-6,8,10-23H2,1-2H3/b9-7-. The lowest BCUT2D eigenvalue weighted by Gasteiger charge is -2.39. The smallest absolute Gasteiger partial charge is 0.306 e. The molecule has 9 nitrogen and oxygen atoms in total. The Balaban J connectivity index is 2.42. The van der Waals surface area contributed by atoms with Crippen LogP contribution in [0.25, 0.3) is 0 Å². The van der Waals surface area contributed by atoms with Gasteiger partial charge in [-0.05, 0) is 32.1 Å². The van der Waals surface area contributed by atoms with E-state index in [1.165, 1.54) is 32.1 Å². The van der Waals surface area contributed by atoms with Gasteiger partial charge < -0.3 is 39.4 Å². The second-order valence-corrected chi connectivity index (χ2v) is 10.6. The number of carbonyl (C=O) groups is 1. The number of hydrogen-bond acceptors (Lipinski definition) is 9. The number of carbonyl (C=O) groups excluding carboxylic acids is 1. The summed E-state index contributed by atoms with van der Waals surface area (Å²) in [6, 6.07) is 0. The van der Waals surface area contributed by atoms with E-state index < -0.39 is 43.4 Å². The first kappa shape index (κ1) is 36.0. The molecule has 0 spiro atoms. The van der Waals surface area contributed by atoms with Gasteiger partial charge in [-0.2, -0.15) is 0 Å². The Morgan fingerprint density at radius 2 is 1.46 bits per heavy atom. The van der Waals surface area contributed by atoms with Gasteiger partial charge in [-0.1, -0.05) is 83.8 Å². The minimum Gasteiger partial charge on any atom is -0.457 e. The number of rotatable bonds is 24. The number of unbranched alkanes of at least 4 members (excludes halogenated alkanes) is 11. The molecule has 0 radical (unpaired) electrons. The van der Waals surface area contributed by atoms with E-state index in [0.29, 0.717) is 13.0 Å². The van der Waals surface area contributed by atoms with Gasteiger partial charge in [0, 0.05) is 13.0 Å². The highest BCUT2D eigenvalue weighted by molar-refractivity contribution is 5.69. The first-order chi connectivity index (χ1) is 18.9. The van der Waals surface area contributed by atoms with E-state index in [4.69, 9.17) is 18.9 Å². The van der Waals surface area contributed by atoms with Crippen molar-refractivity contribution in [3.63, 3.8) is 0 Å². The zero-order valence-electron chi connectivity index (χ0n) is 24.4. The molecule has 1 aliphatic rings. The van der Waals surface area contributed by atoms with Crippen LogP contribution in [0.5, 0.6) is 0 Å². The molecule has 230 valence electrons. The summed E-state index contributed by atoms with van der Waals surface area (Å²) < 4.78 is 22.4. The average molecular weight is 561 g/mol. The van der Waals surface area contributed by atoms with Gasteiger partial charge in [-0.3, -0.25) is 4.79 Å². The van der Waals surface area contributed by atoms with E-state index in [2.05, 4.69) is 26.0 Å². The first-order valence-electron chi connectivity index (χ1n) is 15.3. The van der Waals surface area contributed by atoms with Crippen molar-refractivity contribution in [1.82, 2.24) is 0 Å². The maximum absolute atomic E-state index is 12.5. The molecule has 1 rings (SSSR count). The fourth-order valence-corrected chi connectivity index (χ4v) is 4.43. The Bertz CT molecular complexity index is 613. The molecule has 39 heavy (non-hydrogen) atoms. The van der Waals surface area contributed by atoms with Gasteiger partial charge >= 0.3 is 5.97 Å². The summed E-state index contributed by atoms with van der Waals surface area (Å²) in [5.74, 6) is -0.330. The van der Waals surface area contributed by atoms with Crippen LogP contribution in [-0.2, 0) is 23.7 Å². The third kappa shape index (κ3) is 16.7. The minimum atomic E-state index is -1.53.